The van der Waals surface area contributed by atoms with Crippen LogP contribution in [0.2, 0.25) is 0 Å². The zero-order chi connectivity index (χ0) is 14.3. The molecule has 5 nitrogen and oxygen atoms in total. The monoisotopic (exact) mass is 269 g/mol. The van der Waals surface area contributed by atoms with Crippen molar-refractivity contribution in [1.82, 2.24) is 4.90 Å². The predicted molar refractivity (Wildman–Crippen MR) is 69.6 cm³/mol. The lowest BCUT2D eigenvalue weighted by Gasteiger charge is -2.50. The van der Waals surface area contributed by atoms with Crippen LogP contribution in [0.1, 0.15) is 47.0 Å². The number of rotatable bonds is 3. The first-order chi connectivity index (χ1) is 8.81. The van der Waals surface area contributed by atoms with Gasteiger partial charge in [0.05, 0.1) is 18.6 Å². The standard InChI is InChI=1S/C14H23NO4/c1-5-18-11(16)8-10-6-7-14(4)12(17)19-9-13(2,3)15(10)14/h10H,5-9H2,1-4H3/t10-,14-/m1/s1. The van der Waals surface area contributed by atoms with Gasteiger partial charge in [-0.15, -0.1) is 0 Å². The van der Waals surface area contributed by atoms with Gasteiger partial charge in [0.1, 0.15) is 12.1 Å². The molecule has 5 heteroatoms. The van der Waals surface area contributed by atoms with E-state index in [9.17, 15) is 9.59 Å². The van der Waals surface area contributed by atoms with E-state index in [1.165, 1.54) is 0 Å². The Morgan fingerprint density at radius 1 is 1.47 bits per heavy atom. The van der Waals surface area contributed by atoms with Gasteiger partial charge in [0.2, 0.25) is 0 Å². The fraction of sp³-hybridized carbons (Fsp3) is 0.857. The van der Waals surface area contributed by atoms with Crippen molar-refractivity contribution >= 4 is 11.9 Å². The minimum atomic E-state index is -0.598. The SMILES string of the molecule is CCOC(=O)C[C@H]1CC[C@]2(C)C(=O)OCC(C)(C)N12. The first-order valence-corrected chi connectivity index (χ1v) is 6.93. The van der Waals surface area contributed by atoms with Gasteiger partial charge >= 0.3 is 11.9 Å². The van der Waals surface area contributed by atoms with Gasteiger partial charge in [-0.2, -0.15) is 0 Å². The highest BCUT2D eigenvalue weighted by Crippen LogP contribution is 2.44. The Kier molecular flexibility index (Phi) is 3.60. The van der Waals surface area contributed by atoms with E-state index in [4.69, 9.17) is 9.47 Å². The number of nitrogens with zero attached hydrogens (tertiary/aromatic N) is 1. The van der Waals surface area contributed by atoms with Crippen LogP contribution in [-0.4, -0.2) is 47.2 Å². The maximum Gasteiger partial charge on any atom is 0.326 e. The molecule has 2 atom stereocenters. The first kappa shape index (κ1) is 14.3. The second-order valence-corrected chi connectivity index (χ2v) is 6.23. The van der Waals surface area contributed by atoms with E-state index in [0.717, 1.165) is 12.8 Å². The van der Waals surface area contributed by atoms with E-state index < -0.39 is 5.54 Å². The van der Waals surface area contributed by atoms with Crippen molar-refractivity contribution in [3.63, 3.8) is 0 Å². The smallest absolute Gasteiger partial charge is 0.326 e. The molecule has 0 spiro atoms. The third kappa shape index (κ3) is 2.36. The minimum absolute atomic E-state index is 0.0619. The van der Waals surface area contributed by atoms with Crippen molar-refractivity contribution in [2.75, 3.05) is 13.2 Å². The molecular formula is C14H23NO4. The number of carbonyl (C=O) groups is 2. The van der Waals surface area contributed by atoms with E-state index in [1.807, 2.05) is 6.92 Å². The van der Waals surface area contributed by atoms with Crippen molar-refractivity contribution < 1.29 is 19.1 Å². The van der Waals surface area contributed by atoms with Crippen LogP contribution in [0.25, 0.3) is 0 Å². The molecule has 2 rings (SSSR count). The molecule has 0 amide bonds. The van der Waals surface area contributed by atoms with E-state index in [1.54, 1.807) is 6.92 Å². The summed E-state index contributed by atoms with van der Waals surface area (Å²) in [5.74, 6) is -0.357. The Morgan fingerprint density at radius 2 is 2.16 bits per heavy atom. The zero-order valence-corrected chi connectivity index (χ0v) is 12.2. The normalized spacial score (nSPS) is 33.7. The Hall–Kier alpha value is -1.10. The summed E-state index contributed by atoms with van der Waals surface area (Å²) in [5.41, 5.74) is -0.838. The lowest BCUT2D eigenvalue weighted by molar-refractivity contribution is -0.182. The third-order valence-corrected chi connectivity index (χ3v) is 4.22. The van der Waals surface area contributed by atoms with Crippen molar-refractivity contribution in [1.29, 1.82) is 0 Å². The molecule has 19 heavy (non-hydrogen) atoms. The van der Waals surface area contributed by atoms with Gasteiger partial charge in [-0.3, -0.25) is 14.5 Å². The highest BCUT2D eigenvalue weighted by Gasteiger charge is 2.58. The van der Waals surface area contributed by atoms with Gasteiger partial charge < -0.3 is 9.47 Å². The van der Waals surface area contributed by atoms with Crippen LogP contribution in [0.5, 0.6) is 0 Å². The van der Waals surface area contributed by atoms with Crippen LogP contribution in [0.3, 0.4) is 0 Å². The summed E-state index contributed by atoms with van der Waals surface area (Å²) in [6, 6.07) is 0.0619. The van der Waals surface area contributed by atoms with Gasteiger partial charge in [0.15, 0.2) is 0 Å². The van der Waals surface area contributed by atoms with E-state index in [0.29, 0.717) is 19.6 Å². The lowest BCUT2D eigenvalue weighted by atomic mass is 9.90. The van der Waals surface area contributed by atoms with Gasteiger partial charge in [0.25, 0.3) is 0 Å². The number of hydrogen-bond donors (Lipinski definition) is 0. The molecule has 0 aromatic heterocycles. The molecule has 0 N–H and O–H groups in total. The Balaban J connectivity index is 2.20. The largest absolute Gasteiger partial charge is 0.466 e. The number of carbonyl (C=O) groups excluding carboxylic acids is 2. The summed E-state index contributed by atoms with van der Waals surface area (Å²) in [4.78, 5) is 25.9. The molecule has 0 aromatic rings. The Labute approximate surface area is 114 Å². The molecule has 0 radical (unpaired) electrons. The molecule has 0 unspecified atom stereocenters. The molecule has 0 aromatic carbocycles. The molecule has 108 valence electrons. The van der Waals surface area contributed by atoms with Crippen LogP contribution in [0, 0.1) is 0 Å². The topological polar surface area (TPSA) is 55.8 Å². The van der Waals surface area contributed by atoms with Crippen molar-refractivity contribution in [3.05, 3.63) is 0 Å². The summed E-state index contributed by atoms with van der Waals surface area (Å²) < 4.78 is 10.3. The Morgan fingerprint density at radius 3 is 2.79 bits per heavy atom. The maximum absolute atomic E-state index is 12.1. The number of ether oxygens (including phenoxy) is 2. The summed E-state index contributed by atoms with van der Waals surface area (Å²) in [5, 5.41) is 0. The summed E-state index contributed by atoms with van der Waals surface area (Å²) in [6.45, 7) is 8.61. The van der Waals surface area contributed by atoms with E-state index in [-0.39, 0.29) is 23.5 Å². The van der Waals surface area contributed by atoms with Crippen LogP contribution in [0.15, 0.2) is 0 Å². The number of esters is 2. The van der Waals surface area contributed by atoms with E-state index >= 15 is 0 Å². The van der Waals surface area contributed by atoms with Crippen molar-refractivity contribution in [3.8, 4) is 0 Å². The Bertz CT molecular complexity index is 393. The average molecular weight is 269 g/mol. The average Bonchev–Trinajstić information content (AvgIpc) is 2.65. The summed E-state index contributed by atoms with van der Waals surface area (Å²) >= 11 is 0. The number of cyclic esters (lactones) is 1. The molecular weight excluding hydrogens is 246 g/mol. The van der Waals surface area contributed by atoms with Crippen LogP contribution < -0.4 is 0 Å². The molecule has 2 heterocycles. The molecule has 2 saturated heterocycles. The van der Waals surface area contributed by atoms with Crippen LogP contribution in [0.4, 0.5) is 0 Å². The quantitative estimate of drug-likeness (QED) is 0.727. The minimum Gasteiger partial charge on any atom is -0.466 e. The summed E-state index contributed by atoms with van der Waals surface area (Å²) in [6.07, 6.45) is 1.91. The number of hydrogen-bond acceptors (Lipinski definition) is 5. The zero-order valence-electron chi connectivity index (χ0n) is 12.2. The fourth-order valence-electron chi connectivity index (χ4n) is 3.54. The van der Waals surface area contributed by atoms with Gasteiger partial charge in [0, 0.05) is 6.04 Å². The van der Waals surface area contributed by atoms with Crippen molar-refractivity contribution in [2.45, 2.75) is 64.1 Å². The maximum atomic E-state index is 12.1. The number of fused-ring (bicyclic) bond motifs is 1. The molecule has 2 aliphatic heterocycles. The van der Waals surface area contributed by atoms with Gasteiger partial charge in [-0.05, 0) is 40.5 Å². The van der Waals surface area contributed by atoms with Crippen molar-refractivity contribution in [2.24, 2.45) is 0 Å². The van der Waals surface area contributed by atoms with E-state index in [2.05, 4.69) is 18.7 Å². The molecule has 0 saturated carbocycles. The third-order valence-electron chi connectivity index (χ3n) is 4.22. The van der Waals surface area contributed by atoms with Crippen LogP contribution in [-0.2, 0) is 19.1 Å². The molecule has 0 aliphatic carbocycles. The second-order valence-electron chi connectivity index (χ2n) is 6.23. The lowest BCUT2D eigenvalue weighted by Crippen LogP contribution is -2.66. The molecule has 0 bridgehead atoms. The van der Waals surface area contributed by atoms with Gasteiger partial charge in [-0.25, -0.2) is 0 Å². The molecule has 2 fully saturated rings. The predicted octanol–water partition coefficient (Wildman–Crippen LogP) is 1.50. The van der Waals surface area contributed by atoms with Gasteiger partial charge in [-0.1, -0.05) is 0 Å². The highest BCUT2D eigenvalue weighted by atomic mass is 16.5. The van der Waals surface area contributed by atoms with Crippen LogP contribution >= 0.6 is 0 Å². The first-order valence-electron chi connectivity index (χ1n) is 6.93. The molecule has 2 aliphatic rings. The summed E-state index contributed by atoms with van der Waals surface area (Å²) in [7, 11) is 0. The fourth-order valence-corrected chi connectivity index (χ4v) is 3.54. The highest BCUT2D eigenvalue weighted by molar-refractivity contribution is 5.82. The second kappa shape index (κ2) is 4.78. The number of morpholine rings is 1.